The second-order valence-electron chi connectivity index (χ2n) is 8.05. The van der Waals surface area contributed by atoms with Gasteiger partial charge in [0.05, 0.1) is 5.54 Å². The van der Waals surface area contributed by atoms with E-state index in [1.807, 2.05) is 0 Å². The number of carbonyl (C=O) groups excluding carboxylic acids is 1. The van der Waals surface area contributed by atoms with E-state index in [-0.39, 0.29) is 11.6 Å². The summed E-state index contributed by atoms with van der Waals surface area (Å²) in [7, 11) is 0. The minimum absolute atomic E-state index is 0.0228. The zero-order valence-corrected chi connectivity index (χ0v) is 15.6. The highest BCUT2D eigenvalue weighted by Gasteiger charge is 2.41. The molecule has 0 radical (unpaired) electrons. The third-order valence-corrected chi connectivity index (χ3v) is 6.51. The molecule has 5 heteroatoms. The van der Waals surface area contributed by atoms with Gasteiger partial charge in [-0.1, -0.05) is 24.3 Å². The number of urea groups is 1. The Morgan fingerprint density at radius 1 is 1.19 bits per heavy atom. The SMILES string of the molecule is O=C(NCC1CCc2ccccc2C1)N1CCNCCC12CCOCC2. The Morgan fingerprint density at radius 2 is 2.00 bits per heavy atom. The van der Waals surface area contributed by atoms with Crippen molar-refractivity contribution in [1.29, 1.82) is 0 Å². The van der Waals surface area contributed by atoms with Crippen LogP contribution in [0.4, 0.5) is 4.79 Å². The fourth-order valence-corrected chi connectivity index (χ4v) is 4.87. The summed E-state index contributed by atoms with van der Waals surface area (Å²) in [6.07, 6.45) is 6.32. The first-order valence-corrected chi connectivity index (χ1v) is 10.2. The molecule has 2 N–H and O–H groups in total. The van der Waals surface area contributed by atoms with Gasteiger partial charge < -0.3 is 20.3 Å². The first-order valence-electron chi connectivity index (χ1n) is 10.2. The van der Waals surface area contributed by atoms with Gasteiger partial charge in [-0.2, -0.15) is 0 Å². The lowest BCUT2D eigenvalue weighted by Gasteiger charge is -2.45. The van der Waals surface area contributed by atoms with Gasteiger partial charge in [0, 0.05) is 32.8 Å². The summed E-state index contributed by atoms with van der Waals surface area (Å²) in [4.78, 5) is 15.2. The van der Waals surface area contributed by atoms with Gasteiger partial charge in [0.1, 0.15) is 0 Å². The van der Waals surface area contributed by atoms with E-state index in [0.717, 1.165) is 77.9 Å². The molecule has 2 saturated heterocycles. The Morgan fingerprint density at radius 3 is 2.85 bits per heavy atom. The smallest absolute Gasteiger partial charge is 0.317 e. The number of rotatable bonds is 2. The number of fused-ring (bicyclic) bond motifs is 1. The maximum Gasteiger partial charge on any atom is 0.317 e. The summed E-state index contributed by atoms with van der Waals surface area (Å²) in [5.41, 5.74) is 2.91. The predicted molar refractivity (Wildman–Crippen MR) is 102 cm³/mol. The van der Waals surface area contributed by atoms with Crippen molar-refractivity contribution in [1.82, 2.24) is 15.5 Å². The topological polar surface area (TPSA) is 53.6 Å². The van der Waals surface area contributed by atoms with Crippen molar-refractivity contribution in [3.63, 3.8) is 0 Å². The van der Waals surface area contributed by atoms with E-state index in [2.05, 4.69) is 39.8 Å². The van der Waals surface area contributed by atoms with E-state index < -0.39 is 0 Å². The molecule has 1 unspecified atom stereocenters. The zero-order chi connectivity index (χ0) is 17.8. The molecule has 1 aromatic carbocycles. The number of hydrogen-bond donors (Lipinski definition) is 2. The molecular formula is C21H31N3O2. The average molecular weight is 357 g/mol. The summed E-state index contributed by atoms with van der Waals surface area (Å²) in [6, 6.07) is 8.85. The molecule has 2 amide bonds. The molecule has 0 saturated carbocycles. The van der Waals surface area contributed by atoms with Crippen molar-refractivity contribution < 1.29 is 9.53 Å². The Balaban J connectivity index is 1.37. The Bertz CT molecular complexity index is 627. The highest BCUT2D eigenvalue weighted by atomic mass is 16.5. The third-order valence-electron chi connectivity index (χ3n) is 6.51. The molecule has 142 valence electrons. The molecule has 1 aromatic rings. The molecule has 4 rings (SSSR count). The monoisotopic (exact) mass is 357 g/mol. The zero-order valence-electron chi connectivity index (χ0n) is 15.6. The number of benzene rings is 1. The first-order chi connectivity index (χ1) is 12.8. The summed E-state index contributed by atoms with van der Waals surface area (Å²) < 4.78 is 5.58. The molecule has 2 heterocycles. The molecule has 2 aliphatic heterocycles. The van der Waals surface area contributed by atoms with Crippen LogP contribution in [0.25, 0.3) is 0 Å². The van der Waals surface area contributed by atoms with E-state index in [0.29, 0.717) is 5.92 Å². The summed E-state index contributed by atoms with van der Waals surface area (Å²) in [5, 5.41) is 6.73. The van der Waals surface area contributed by atoms with Gasteiger partial charge in [0.25, 0.3) is 0 Å². The van der Waals surface area contributed by atoms with Crippen LogP contribution in [-0.4, -0.2) is 55.9 Å². The molecule has 1 spiro atoms. The van der Waals surface area contributed by atoms with E-state index in [1.54, 1.807) is 0 Å². The van der Waals surface area contributed by atoms with Crippen molar-refractivity contribution in [3.05, 3.63) is 35.4 Å². The van der Waals surface area contributed by atoms with Crippen molar-refractivity contribution >= 4 is 6.03 Å². The van der Waals surface area contributed by atoms with Crippen LogP contribution >= 0.6 is 0 Å². The Labute approximate surface area is 156 Å². The summed E-state index contributed by atoms with van der Waals surface area (Å²) in [6.45, 7) is 4.98. The van der Waals surface area contributed by atoms with Gasteiger partial charge in [0.15, 0.2) is 0 Å². The summed E-state index contributed by atoms with van der Waals surface area (Å²) >= 11 is 0. The van der Waals surface area contributed by atoms with Gasteiger partial charge in [0.2, 0.25) is 0 Å². The fourth-order valence-electron chi connectivity index (χ4n) is 4.87. The lowest BCUT2D eigenvalue weighted by atomic mass is 9.84. The van der Waals surface area contributed by atoms with Crippen LogP contribution in [0.5, 0.6) is 0 Å². The molecule has 5 nitrogen and oxygen atoms in total. The van der Waals surface area contributed by atoms with Crippen LogP contribution < -0.4 is 10.6 Å². The fraction of sp³-hybridized carbons (Fsp3) is 0.667. The second-order valence-corrected chi connectivity index (χ2v) is 8.05. The van der Waals surface area contributed by atoms with Gasteiger partial charge in [-0.3, -0.25) is 0 Å². The van der Waals surface area contributed by atoms with Gasteiger partial charge in [-0.25, -0.2) is 4.79 Å². The van der Waals surface area contributed by atoms with E-state index in [1.165, 1.54) is 11.1 Å². The second kappa shape index (κ2) is 7.97. The van der Waals surface area contributed by atoms with E-state index in [9.17, 15) is 4.79 Å². The Hall–Kier alpha value is -1.59. The summed E-state index contributed by atoms with van der Waals surface area (Å²) in [5.74, 6) is 0.546. The lowest BCUT2D eigenvalue weighted by molar-refractivity contribution is -0.00907. The van der Waals surface area contributed by atoms with Crippen LogP contribution in [0.2, 0.25) is 0 Å². The number of nitrogens with zero attached hydrogens (tertiary/aromatic N) is 1. The molecule has 1 aliphatic carbocycles. The highest BCUT2D eigenvalue weighted by molar-refractivity contribution is 5.75. The van der Waals surface area contributed by atoms with Crippen LogP contribution in [0.15, 0.2) is 24.3 Å². The van der Waals surface area contributed by atoms with Crippen molar-refractivity contribution in [3.8, 4) is 0 Å². The maximum absolute atomic E-state index is 13.1. The molecular weight excluding hydrogens is 326 g/mol. The normalized spacial score (nSPS) is 25.4. The molecule has 0 bridgehead atoms. The third kappa shape index (κ3) is 3.74. The maximum atomic E-state index is 13.1. The van der Waals surface area contributed by atoms with Crippen molar-refractivity contribution in [2.45, 2.75) is 44.1 Å². The minimum Gasteiger partial charge on any atom is -0.381 e. The number of hydrogen-bond acceptors (Lipinski definition) is 3. The molecule has 1 atom stereocenters. The number of ether oxygens (including phenoxy) is 1. The highest BCUT2D eigenvalue weighted by Crippen LogP contribution is 2.32. The molecule has 2 fully saturated rings. The van der Waals surface area contributed by atoms with E-state index >= 15 is 0 Å². The number of aryl methyl sites for hydroxylation is 1. The number of carbonyl (C=O) groups is 1. The van der Waals surface area contributed by atoms with Crippen LogP contribution in [0.3, 0.4) is 0 Å². The number of amides is 2. The van der Waals surface area contributed by atoms with Crippen LogP contribution in [0, 0.1) is 5.92 Å². The van der Waals surface area contributed by atoms with Crippen molar-refractivity contribution in [2.75, 3.05) is 39.4 Å². The van der Waals surface area contributed by atoms with Crippen LogP contribution in [-0.2, 0) is 17.6 Å². The minimum atomic E-state index is -0.0228. The largest absolute Gasteiger partial charge is 0.381 e. The lowest BCUT2D eigenvalue weighted by Crippen LogP contribution is -2.58. The van der Waals surface area contributed by atoms with E-state index in [4.69, 9.17) is 4.74 Å². The van der Waals surface area contributed by atoms with Crippen LogP contribution in [0.1, 0.15) is 36.8 Å². The first kappa shape index (κ1) is 17.8. The molecule has 3 aliphatic rings. The van der Waals surface area contributed by atoms with Gasteiger partial charge in [-0.05, 0) is 62.1 Å². The van der Waals surface area contributed by atoms with Crippen molar-refractivity contribution in [2.24, 2.45) is 5.92 Å². The predicted octanol–water partition coefficient (Wildman–Crippen LogP) is 2.35. The van der Waals surface area contributed by atoms with Gasteiger partial charge >= 0.3 is 6.03 Å². The number of nitrogens with one attached hydrogen (secondary N) is 2. The molecule has 0 aromatic heterocycles. The van der Waals surface area contributed by atoms with Gasteiger partial charge in [-0.15, -0.1) is 0 Å². The molecule has 26 heavy (non-hydrogen) atoms. The Kier molecular flexibility index (Phi) is 5.46. The average Bonchev–Trinajstić information content (AvgIpc) is 2.89. The quantitative estimate of drug-likeness (QED) is 0.854. The standard InChI is InChI=1S/C21H31N3O2/c25-20(23-16-17-5-6-18-3-1-2-4-19(18)15-17)24-12-11-22-10-7-21(24)8-13-26-14-9-21/h1-4,17,22H,5-16H2,(H,23,25).